The number of methoxy groups -OCH3 is 1. The Hall–Kier alpha value is -3.93. The second-order valence-electron chi connectivity index (χ2n) is 12.2. The van der Waals surface area contributed by atoms with Gasteiger partial charge in [0.2, 0.25) is 5.91 Å². The number of primary amides is 1. The molecule has 5 rings (SSSR count). The first-order valence-electron chi connectivity index (χ1n) is 14.3. The Morgan fingerprint density at radius 2 is 1.77 bits per heavy atom. The number of rotatable bonds is 7. The van der Waals surface area contributed by atoms with Gasteiger partial charge < -0.3 is 20.7 Å². The highest BCUT2D eigenvalue weighted by atomic mass is 16.5. The molecule has 0 radical (unpaired) electrons. The Morgan fingerprint density at radius 3 is 2.35 bits per heavy atom. The molecule has 228 valence electrons. The lowest BCUT2D eigenvalue weighted by Gasteiger charge is -2.52. The van der Waals surface area contributed by atoms with Crippen LogP contribution in [0.3, 0.4) is 0 Å². The summed E-state index contributed by atoms with van der Waals surface area (Å²) in [7, 11) is 6.51. The van der Waals surface area contributed by atoms with Crippen LogP contribution in [0.25, 0.3) is 0 Å². The number of ketones is 4. The molecule has 11 nitrogen and oxygen atoms in total. The van der Waals surface area contributed by atoms with Crippen molar-refractivity contribution in [3.63, 3.8) is 0 Å². The van der Waals surface area contributed by atoms with E-state index in [2.05, 4.69) is 11.8 Å². The average Bonchev–Trinajstić information content (AvgIpc) is 2.94. The standard InChI is InChI=1S/C32H37N3O8/c1-15(16-9-7-6-8-10-16)35(4)14-18-13-21(36)23-19(28(18)43-5)11-17-12-20-25(34(2)3)27(38)24(31(33)41)30(40)32(20,42)29(39)22(17)26(23)37/h6-10,13,15,17,20,22,24-25,36,42H,11-12,14H2,1-5H3,(H2,33,41)/t15?,17-,20-,22?,24?,25-,32-/m0/s1. The highest BCUT2D eigenvalue weighted by Gasteiger charge is 2.69. The second-order valence-corrected chi connectivity index (χ2v) is 12.2. The lowest BCUT2D eigenvalue weighted by atomic mass is 9.52. The van der Waals surface area contributed by atoms with Crippen molar-refractivity contribution in [1.29, 1.82) is 0 Å². The largest absolute Gasteiger partial charge is 0.507 e. The number of fused-ring (bicyclic) bond motifs is 3. The molecule has 4 N–H and O–H groups in total. The minimum Gasteiger partial charge on any atom is -0.507 e. The SMILES string of the molecule is COc1c(CN(C)C(C)c2ccccc2)cc(O)c2c1C[C@H]1C[C@H]3[C@H](N(C)C)C(=O)C(C(N)=O)C(=O)[C@@]3(O)C(=O)C1C2=O. The fourth-order valence-electron chi connectivity index (χ4n) is 7.48. The van der Waals surface area contributed by atoms with E-state index in [4.69, 9.17) is 10.5 Å². The average molecular weight is 592 g/mol. The number of carbonyl (C=O) groups is 5. The molecular formula is C32H37N3O8. The number of carbonyl (C=O) groups excluding carboxylic acids is 5. The fourth-order valence-corrected chi connectivity index (χ4v) is 7.48. The minimum absolute atomic E-state index is 0.0248. The van der Waals surface area contributed by atoms with Crippen LogP contribution in [0.1, 0.15) is 46.4 Å². The van der Waals surface area contributed by atoms with Crippen LogP contribution in [0, 0.1) is 23.7 Å². The number of amides is 1. The number of Topliss-reactive ketones (excluding diaryl/α,β-unsaturated/α-hetero) is 4. The molecule has 43 heavy (non-hydrogen) atoms. The monoisotopic (exact) mass is 591 g/mol. The Kier molecular flexibility index (Phi) is 7.78. The van der Waals surface area contributed by atoms with Crippen LogP contribution in [-0.2, 0) is 32.1 Å². The van der Waals surface area contributed by atoms with Gasteiger partial charge in [0.1, 0.15) is 11.5 Å². The highest BCUT2D eigenvalue weighted by molar-refractivity contribution is 6.32. The smallest absolute Gasteiger partial charge is 0.235 e. The summed E-state index contributed by atoms with van der Waals surface area (Å²) in [6, 6.07) is 10.2. The molecule has 7 atom stereocenters. The van der Waals surface area contributed by atoms with Crippen molar-refractivity contribution in [3.8, 4) is 11.5 Å². The van der Waals surface area contributed by atoms with E-state index in [9.17, 15) is 34.2 Å². The van der Waals surface area contributed by atoms with E-state index in [1.54, 1.807) is 14.1 Å². The molecule has 1 amide bonds. The van der Waals surface area contributed by atoms with Gasteiger partial charge in [-0.05, 0) is 58.5 Å². The quantitative estimate of drug-likeness (QED) is 0.396. The Morgan fingerprint density at radius 1 is 1.12 bits per heavy atom. The summed E-state index contributed by atoms with van der Waals surface area (Å²) in [6.07, 6.45) is 0.108. The third kappa shape index (κ3) is 4.57. The van der Waals surface area contributed by atoms with Crippen LogP contribution >= 0.6 is 0 Å². The van der Waals surface area contributed by atoms with E-state index in [0.717, 1.165) is 5.56 Å². The number of phenolic OH excluding ortho intramolecular Hbond substituents is 1. The zero-order chi connectivity index (χ0) is 31.5. The van der Waals surface area contributed by atoms with E-state index in [0.29, 0.717) is 23.4 Å². The first-order valence-corrected chi connectivity index (χ1v) is 14.3. The number of ether oxygens (including phenoxy) is 1. The van der Waals surface area contributed by atoms with Gasteiger partial charge in [-0.3, -0.25) is 33.8 Å². The van der Waals surface area contributed by atoms with Crippen molar-refractivity contribution in [2.45, 2.75) is 44.0 Å². The van der Waals surface area contributed by atoms with Crippen molar-refractivity contribution >= 4 is 29.0 Å². The summed E-state index contributed by atoms with van der Waals surface area (Å²) < 4.78 is 5.81. The maximum atomic E-state index is 14.0. The van der Waals surface area contributed by atoms with Crippen LogP contribution in [0.4, 0.5) is 0 Å². The van der Waals surface area contributed by atoms with Crippen molar-refractivity contribution in [2.24, 2.45) is 29.4 Å². The summed E-state index contributed by atoms with van der Waals surface area (Å²) in [5.41, 5.74) is 4.71. The van der Waals surface area contributed by atoms with Gasteiger partial charge in [0.25, 0.3) is 0 Å². The van der Waals surface area contributed by atoms with Crippen LogP contribution in [-0.4, -0.2) is 88.9 Å². The predicted octanol–water partition coefficient (Wildman–Crippen LogP) is 1.07. The number of benzene rings is 2. The topological polar surface area (TPSA) is 168 Å². The number of phenols is 1. The Labute approximate surface area is 249 Å². The van der Waals surface area contributed by atoms with Crippen LogP contribution in [0.5, 0.6) is 11.5 Å². The molecule has 2 aromatic carbocycles. The Bertz CT molecular complexity index is 1520. The van der Waals surface area contributed by atoms with Crippen LogP contribution in [0.15, 0.2) is 36.4 Å². The maximum absolute atomic E-state index is 14.0. The van der Waals surface area contributed by atoms with Crippen molar-refractivity contribution in [1.82, 2.24) is 9.80 Å². The predicted molar refractivity (Wildman–Crippen MR) is 154 cm³/mol. The molecule has 3 unspecified atom stereocenters. The van der Waals surface area contributed by atoms with E-state index in [-0.39, 0.29) is 30.2 Å². The zero-order valence-electron chi connectivity index (χ0n) is 24.9. The summed E-state index contributed by atoms with van der Waals surface area (Å²) in [4.78, 5) is 70.3. The molecule has 0 spiro atoms. The van der Waals surface area contributed by atoms with Crippen LogP contribution < -0.4 is 10.5 Å². The van der Waals surface area contributed by atoms with Crippen molar-refractivity contribution < 1.29 is 38.9 Å². The lowest BCUT2D eigenvalue weighted by molar-refractivity contribution is -0.181. The zero-order valence-corrected chi connectivity index (χ0v) is 24.9. The third-order valence-corrected chi connectivity index (χ3v) is 9.66. The van der Waals surface area contributed by atoms with Gasteiger partial charge in [-0.15, -0.1) is 0 Å². The normalized spacial score (nSPS) is 29.3. The number of hydrogen-bond donors (Lipinski definition) is 3. The number of nitrogens with zero attached hydrogens (tertiary/aromatic N) is 2. The molecule has 3 aliphatic rings. The van der Waals surface area contributed by atoms with Gasteiger partial charge in [-0.25, -0.2) is 0 Å². The fraction of sp³-hybridized carbons (Fsp3) is 0.469. The summed E-state index contributed by atoms with van der Waals surface area (Å²) in [5.74, 6) is -10.4. The van der Waals surface area contributed by atoms with E-state index in [1.807, 2.05) is 37.4 Å². The van der Waals surface area contributed by atoms with E-state index >= 15 is 0 Å². The molecular weight excluding hydrogens is 554 g/mol. The number of hydrogen-bond acceptors (Lipinski definition) is 10. The van der Waals surface area contributed by atoms with Gasteiger partial charge in [0.05, 0.1) is 24.6 Å². The van der Waals surface area contributed by atoms with Crippen molar-refractivity contribution in [2.75, 3.05) is 28.3 Å². The molecule has 0 heterocycles. The van der Waals surface area contributed by atoms with Crippen LogP contribution in [0.2, 0.25) is 0 Å². The molecule has 0 bridgehead atoms. The maximum Gasteiger partial charge on any atom is 0.235 e. The Balaban J connectivity index is 1.56. The highest BCUT2D eigenvalue weighted by Crippen LogP contribution is 2.52. The summed E-state index contributed by atoms with van der Waals surface area (Å²) in [5, 5.41) is 22.9. The molecule has 2 fully saturated rings. The molecule has 2 saturated carbocycles. The summed E-state index contributed by atoms with van der Waals surface area (Å²) >= 11 is 0. The van der Waals surface area contributed by atoms with Gasteiger partial charge >= 0.3 is 0 Å². The molecule has 0 saturated heterocycles. The number of nitrogens with two attached hydrogens (primary N) is 1. The number of aliphatic hydroxyl groups is 1. The number of likely N-dealkylation sites (N-methyl/N-ethyl adjacent to an activating group) is 1. The summed E-state index contributed by atoms with van der Waals surface area (Å²) in [6.45, 7) is 2.43. The van der Waals surface area contributed by atoms with Crippen molar-refractivity contribution in [3.05, 3.63) is 58.7 Å². The second kappa shape index (κ2) is 11.0. The minimum atomic E-state index is -2.76. The number of aromatic hydroxyl groups is 1. The first-order chi connectivity index (χ1) is 20.2. The van der Waals surface area contributed by atoms with E-state index < -0.39 is 64.4 Å². The van der Waals surface area contributed by atoms with E-state index in [1.165, 1.54) is 18.1 Å². The van der Waals surface area contributed by atoms with Gasteiger partial charge in [0, 0.05) is 29.6 Å². The molecule has 2 aromatic rings. The third-order valence-electron chi connectivity index (χ3n) is 9.66. The van der Waals surface area contributed by atoms with Gasteiger partial charge in [-0.2, -0.15) is 0 Å². The molecule has 0 aromatic heterocycles. The lowest BCUT2D eigenvalue weighted by Crippen LogP contribution is -2.74. The molecule has 3 aliphatic carbocycles. The molecule has 11 heteroatoms. The van der Waals surface area contributed by atoms with Gasteiger partial charge in [-0.1, -0.05) is 30.3 Å². The molecule has 0 aliphatic heterocycles. The van der Waals surface area contributed by atoms with Gasteiger partial charge in [0.15, 0.2) is 34.7 Å². The first kappa shape index (κ1) is 30.5.